The number of nitrogens with one attached hydrogen (secondary N) is 1. The number of nitrogens with zero attached hydrogens (tertiary/aromatic N) is 2. The molecule has 84 valence electrons. The van der Waals surface area contributed by atoms with E-state index in [0.717, 1.165) is 11.5 Å². The zero-order chi connectivity index (χ0) is 11.3. The zero-order valence-corrected chi connectivity index (χ0v) is 9.82. The van der Waals surface area contributed by atoms with Gasteiger partial charge in [-0.25, -0.2) is 4.98 Å². The van der Waals surface area contributed by atoms with Crippen LogP contribution in [0.1, 0.15) is 26.5 Å². The lowest BCUT2D eigenvalue weighted by atomic mass is 10.1. The molecule has 0 aromatic carbocycles. The van der Waals surface area contributed by atoms with Crippen molar-refractivity contribution in [1.29, 1.82) is 0 Å². The van der Waals surface area contributed by atoms with E-state index >= 15 is 0 Å². The molecule has 0 spiro atoms. The van der Waals surface area contributed by atoms with Crippen molar-refractivity contribution in [2.75, 3.05) is 12.4 Å². The van der Waals surface area contributed by atoms with E-state index in [4.69, 9.17) is 4.74 Å². The van der Waals surface area contributed by atoms with Crippen LogP contribution in [0.2, 0.25) is 0 Å². The summed E-state index contributed by atoms with van der Waals surface area (Å²) in [7, 11) is 1.82. The Labute approximate surface area is 91.1 Å². The lowest BCUT2D eigenvalue weighted by molar-refractivity contribution is 0.0217. The van der Waals surface area contributed by atoms with E-state index in [1.54, 1.807) is 12.4 Å². The van der Waals surface area contributed by atoms with Crippen molar-refractivity contribution in [2.24, 2.45) is 5.92 Å². The fraction of sp³-hybridized carbons (Fsp3) is 0.636. The molecule has 0 amide bonds. The second-order valence-corrected chi connectivity index (χ2v) is 3.90. The van der Waals surface area contributed by atoms with Crippen molar-refractivity contribution in [2.45, 2.75) is 33.5 Å². The van der Waals surface area contributed by atoms with E-state index < -0.39 is 0 Å². The van der Waals surface area contributed by atoms with E-state index in [2.05, 4.69) is 36.1 Å². The van der Waals surface area contributed by atoms with Gasteiger partial charge >= 0.3 is 0 Å². The first kappa shape index (κ1) is 11.9. The fourth-order valence-electron chi connectivity index (χ4n) is 0.968. The molecule has 4 heteroatoms. The highest BCUT2D eigenvalue weighted by Crippen LogP contribution is 2.08. The quantitative estimate of drug-likeness (QED) is 0.806. The van der Waals surface area contributed by atoms with Crippen LogP contribution >= 0.6 is 0 Å². The number of hydrogen-bond donors (Lipinski definition) is 1. The fourth-order valence-corrected chi connectivity index (χ4v) is 0.968. The number of ether oxygens (including phenoxy) is 1. The summed E-state index contributed by atoms with van der Waals surface area (Å²) in [4.78, 5) is 8.40. The summed E-state index contributed by atoms with van der Waals surface area (Å²) in [5, 5.41) is 2.92. The Morgan fingerprint density at radius 1 is 1.27 bits per heavy atom. The molecule has 1 heterocycles. The lowest BCUT2D eigenvalue weighted by Gasteiger charge is -2.15. The molecule has 15 heavy (non-hydrogen) atoms. The molecule has 0 fully saturated rings. The van der Waals surface area contributed by atoms with Gasteiger partial charge in [-0.3, -0.25) is 4.98 Å². The highest BCUT2D eigenvalue weighted by atomic mass is 16.5. The van der Waals surface area contributed by atoms with E-state index in [9.17, 15) is 0 Å². The van der Waals surface area contributed by atoms with Gasteiger partial charge in [0, 0.05) is 7.05 Å². The molecule has 1 unspecified atom stereocenters. The minimum atomic E-state index is 0.246. The minimum absolute atomic E-state index is 0.246. The smallest absolute Gasteiger partial charge is 0.144 e. The van der Waals surface area contributed by atoms with Crippen molar-refractivity contribution >= 4 is 5.82 Å². The summed E-state index contributed by atoms with van der Waals surface area (Å²) in [5.41, 5.74) is 0.862. The summed E-state index contributed by atoms with van der Waals surface area (Å²) in [6.45, 7) is 6.87. The molecule has 1 aromatic rings. The number of anilines is 1. The maximum absolute atomic E-state index is 5.64. The molecule has 1 atom stereocenters. The van der Waals surface area contributed by atoms with Crippen molar-refractivity contribution in [3.8, 4) is 0 Å². The molecule has 0 aliphatic carbocycles. The van der Waals surface area contributed by atoms with E-state index in [-0.39, 0.29) is 6.10 Å². The Bertz CT molecular complexity index is 284. The molecule has 1 rings (SSSR count). The van der Waals surface area contributed by atoms with Crippen molar-refractivity contribution in [1.82, 2.24) is 9.97 Å². The average molecular weight is 209 g/mol. The van der Waals surface area contributed by atoms with Crippen LogP contribution in [0.3, 0.4) is 0 Å². The average Bonchev–Trinajstić information content (AvgIpc) is 2.26. The van der Waals surface area contributed by atoms with Crippen molar-refractivity contribution < 1.29 is 4.74 Å². The monoisotopic (exact) mass is 209 g/mol. The SMILES string of the molecule is CNc1cnc(COC(C)C(C)C)cn1. The maximum atomic E-state index is 5.64. The van der Waals surface area contributed by atoms with Gasteiger partial charge < -0.3 is 10.1 Å². The van der Waals surface area contributed by atoms with Crippen LogP contribution in [-0.2, 0) is 11.3 Å². The first-order valence-electron chi connectivity index (χ1n) is 5.23. The second-order valence-electron chi connectivity index (χ2n) is 3.90. The van der Waals surface area contributed by atoms with Gasteiger partial charge in [0.1, 0.15) is 5.82 Å². The Hall–Kier alpha value is -1.16. The third-order valence-corrected chi connectivity index (χ3v) is 2.39. The van der Waals surface area contributed by atoms with Gasteiger partial charge in [-0.15, -0.1) is 0 Å². The van der Waals surface area contributed by atoms with Gasteiger partial charge in [0.15, 0.2) is 0 Å². The molecule has 0 bridgehead atoms. The normalized spacial score (nSPS) is 12.9. The minimum Gasteiger partial charge on any atom is -0.372 e. The van der Waals surface area contributed by atoms with Crippen LogP contribution in [0.5, 0.6) is 0 Å². The zero-order valence-electron chi connectivity index (χ0n) is 9.82. The Kier molecular flexibility index (Phi) is 4.49. The Morgan fingerprint density at radius 2 is 2.00 bits per heavy atom. The number of aromatic nitrogens is 2. The summed E-state index contributed by atoms with van der Waals surface area (Å²) >= 11 is 0. The molecule has 0 aliphatic rings. The second kappa shape index (κ2) is 5.66. The van der Waals surface area contributed by atoms with Crippen LogP contribution in [0, 0.1) is 5.92 Å². The third-order valence-electron chi connectivity index (χ3n) is 2.39. The van der Waals surface area contributed by atoms with Crippen LogP contribution in [0.15, 0.2) is 12.4 Å². The maximum Gasteiger partial charge on any atom is 0.144 e. The third kappa shape index (κ3) is 3.83. The Morgan fingerprint density at radius 3 is 2.47 bits per heavy atom. The van der Waals surface area contributed by atoms with Crippen LogP contribution in [-0.4, -0.2) is 23.1 Å². The van der Waals surface area contributed by atoms with Gasteiger partial charge in [0.25, 0.3) is 0 Å². The molecule has 1 aromatic heterocycles. The topological polar surface area (TPSA) is 47.0 Å². The number of hydrogen-bond acceptors (Lipinski definition) is 4. The largest absolute Gasteiger partial charge is 0.372 e. The van der Waals surface area contributed by atoms with Gasteiger partial charge in [-0.2, -0.15) is 0 Å². The van der Waals surface area contributed by atoms with Crippen LogP contribution in [0.25, 0.3) is 0 Å². The summed E-state index contributed by atoms with van der Waals surface area (Å²) in [6.07, 6.45) is 3.69. The van der Waals surface area contributed by atoms with Crippen LogP contribution < -0.4 is 5.32 Å². The molecule has 0 saturated carbocycles. The Balaban J connectivity index is 2.44. The van der Waals surface area contributed by atoms with E-state index in [1.165, 1.54) is 0 Å². The van der Waals surface area contributed by atoms with Gasteiger partial charge in [0.05, 0.1) is 30.8 Å². The van der Waals surface area contributed by atoms with Gasteiger partial charge in [-0.1, -0.05) is 13.8 Å². The molecule has 0 saturated heterocycles. The standard InChI is InChI=1S/C11H19N3O/c1-8(2)9(3)15-7-10-5-14-11(12-4)6-13-10/h5-6,8-9H,7H2,1-4H3,(H,12,14). The van der Waals surface area contributed by atoms with Crippen molar-refractivity contribution in [3.63, 3.8) is 0 Å². The predicted octanol–water partition coefficient (Wildman–Crippen LogP) is 2.08. The van der Waals surface area contributed by atoms with Crippen LogP contribution in [0.4, 0.5) is 5.82 Å². The molecular weight excluding hydrogens is 190 g/mol. The highest BCUT2D eigenvalue weighted by Gasteiger charge is 2.07. The number of rotatable bonds is 5. The summed E-state index contributed by atoms with van der Waals surface area (Å²) < 4.78 is 5.64. The molecular formula is C11H19N3O. The predicted molar refractivity (Wildman–Crippen MR) is 60.7 cm³/mol. The first-order chi connectivity index (χ1) is 7.13. The molecule has 0 aliphatic heterocycles. The van der Waals surface area contributed by atoms with Crippen molar-refractivity contribution in [3.05, 3.63) is 18.1 Å². The molecule has 0 radical (unpaired) electrons. The molecule has 4 nitrogen and oxygen atoms in total. The lowest BCUT2D eigenvalue weighted by Crippen LogP contribution is -2.15. The van der Waals surface area contributed by atoms with E-state index in [1.807, 2.05) is 7.05 Å². The van der Waals surface area contributed by atoms with Gasteiger partial charge in [0.2, 0.25) is 0 Å². The summed E-state index contributed by atoms with van der Waals surface area (Å²) in [6, 6.07) is 0. The first-order valence-corrected chi connectivity index (χ1v) is 5.23. The summed E-state index contributed by atoms with van der Waals surface area (Å²) in [5.74, 6) is 1.30. The molecule has 1 N–H and O–H groups in total. The highest BCUT2D eigenvalue weighted by molar-refractivity contribution is 5.29. The van der Waals surface area contributed by atoms with E-state index in [0.29, 0.717) is 12.5 Å². The van der Waals surface area contributed by atoms with Gasteiger partial charge in [-0.05, 0) is 12.8 Å².